The van der Waals surface area contributed by atoms with Gasteiger partial charge in [0.15, 0.2) is 0 Å². The molecular formula is C21H18ClFN2O3S. The van der Waals surface area contributed by atoms with Crippen molar-refractivity contribution in [3.05, 3.63) is 82.5 Å². The van der Waals surface area contributed by atoms with Crippen LogP contribution in [0.4, 0.5) is 15.8 Å². The van der Waals surface area contributed by atoms with Crippen LogP contribution in [-0.4, -0.2) is 17.6 Å². The van der Waals surface area contributed by atoms with Crippen molar-refractivity contribution in [1.82, 2.24) is 0 Å². The standard InChI is InChI=1S/C21H18ClFN2O3S/c1-13-17(8-9-28-13)21(27)25-19-10-16(6-7-18(19)23)24-20(26)12-29-11-14-2-4-15(22)5-3-14/h2-10H,11-12H2,1H3,(H,24,26)(H,25,27). The van der Waals surface area contributed by atoms with Crippen LogP contribution >= 0.6 is 23.4 Å². The molecule has 0 saturated heterocycles. The Balaban J connectivity index is 1.56. The Labute approximate surface area is 176 Å². The summed E-state index contributed by atoms with van der Waals surface area (Å²) in [6.07, 6.45) is 1.39. The van der Waals surface area contributed by atoms with E-state index in [1.54, 1.807) is 19.1 Å². The summed E-state index contributed by atoms with van der Waals surface area (Å²) < 4.78 is 19.1. The van der Waals surface area contributed by atoms with Gasteiger partial charge < -0.3 is 15.1 Å². The van der Waals surface area contributed by atoms with E-state index in [9.17, 15) is 14.0 Å². The summed E-state index contributed by atoms with van der Waals surface area (Å²) in [5.74, 6) is 0.0188. The number of carbonyl (C=O) groups is 2. The third kappa shape index (κ3) is 5.85. The maximum Gasteiger partial charge on any atom is 0.259 e. The third-order valence-corrected chi connectivity index (χ3v) is 5.27. The van der Waals surface area contributed by atoms with Crippen LogP contribution in [0, 0.1) is 12.7 Å². The first-order valence-corrected chi connectivity index (χ1v) is 10.2. The number of benzene rings is 2. The number of carbonyl (C=O) groups excluding carboxylic acids is 2. The summed E-state index contributed by atoms with van der Waals surface area (Å²) in [6, 6.07) is 12.9. The molecule has 150 valence electrons. The summed E-state index contributed by atoms with van der Waals surface area (Å²) >= 11 is 7.30. The number of amides is 2. The molecule has 2 N–H and O–H groups in total. The molecule has 0 radical (unpaired) electrons. The van der Waals surface area contributed by atoms with E-state index in [0.29, 0.717) is 27.8 Å². The molecule has 0 saturated carbocycles. The van der Waals surface area contributed by atoms with Crippen LogP contribution in [0.2, 0.25) is 5.02 Å². The first kappa shape index (κ1) is 21.0. The smallest absolute Gasteiger partial charge is 0.259 e. The molecule has 5 nitrogen and oxygen atoms in total. The van der Waals surface area contributed by atoms with Crippen LogP contribution in [0.5, 0.6) is 0 Å². The highest BCUT2D eigenvalue weighted by Crippen LogP contribution is 2.22. The molecule has 3 aromatic rings. The van der Waals surface area contributed by atoms with Crippen molar-refractivity contribution < 1.29 is 18.4 Å². The van der Waals surface area contributed by atoms with Crippen LogP contribution in [-0.2, 0) is 10.5 Å². The zero-order chi connectivity index (χ0) is 20.8. The Morgan fingerprint density at radius 2 is 1.86 bits per heavy atom. The number of aryl methyl sites for hydroxylation is 1. The summed E-state index contributed by atoms with van der Waals surface area (Å²) in [7, 11) is 0. The lowest BCUT2D eigenvalue weighted by atomic mass is 10.2. The fourth-order valence-electron chi connectivity index (χ4n) is 2.55. The average Bonchev–Trinajstić information content (AvgIpc) is 3.12. The summed E-state index contributed by atoms with van der Waals surface area (Å²) in [4.78, 5) is 24.4. The number of anilines is 2. The molecule has 0 atom stereocenters. The van der Waals surface area contributed by atoms with E-state index in [2.05, 4.69) is 10.6 Å². The van der Waals surface area contributed by atoms with Crippen LogP contribution in [0.3, 0.4) is 0 Å². The molecule has 1 aromatic heterocycles. The molecule has 1 heterocycles. The molecule has 0 aliphatic carbocycles. The van der Waals surface area contributed by atoms with E-state index >= 15 is 0 Å². The average molecular weight is 433 g/mol. The molecule has 0 fully saturated rings. The Hall–Kier alpha value is -2.77. The van der Waals surface area contributed by atoms with Crippen molar-refractivity contribution in [1.29, 1.82) is 0 Å². The summed E-state index contributed by atoms with van der Waals surface area (Å²) in [6.45, 7) is 1.64. The van der Waals surface area contributed by atoms with Gasteiger partial charge in [-0.15, -0.1) is 11.8 Å². The zero-order valence-corrected chi connectivity index (χ0v) is 17.1. The first-order chi connectivity index (χ1) is 13.9. The van der Waals surface area contributed by atoms with Gasteiger partial charge >= 0.3 is 0 Å². The quantitative estimate of drug-likeness (QED) is 0.516. The van der Waals surface area contributed by atoms with Crippen molar-refractivity contribution >= 4 is 46.6 Å². The highest BCUT2D eigenvalue weighted by molar-refractivity contribution is 7.99. The maximum atomic E-state index is 14.1. The van der Waals surface area contributed by atoms with E-state index in [4.69, 9.17) is 16.0 Å². The molecular weight excluding hydrogens is 415 g/mol. The van der Waals surface area contributed by atoms with Gasteiger partial charge in [-0.25, -0.2) is 4.39 Å². The van der Waals surface area contributed by atoms with Crippen LogP contribution in [0.15, 0.2) is 59.2 Å². The zero-order valence-electron chi connectivity index (χ0n) is 15.5. The van der Waals surface area contributed by atoms with Crippen LogP contribution in [0.25, 0.3) is 0 Å². The van der Waals surface area contributed by atoms with Gasteiger partial charge in [-0.1, -0.05) is 23.7 Å². The number of halogens is 2. The van der Waals surface area contributed by atoms with Crippen molar-refractivity contribution in [2.75, 3.05) is 16.4 Å². The van der Waals surface area contributed by atoms with Crippen LogP contribution in [0.1, 0.15) is 21.7 Å². The van der Waals surface area contributed by atoms with Crippen molar-refractivity contribution in [2.45, 2.75) is 12.7 Å². The van der Waals surface area contributed by atoms with Gasteiger partial charge in [0.2, 0.25) is 5.91 Å². The normalized spacial score (nSPS) is 10.6. The monoisotopic (exact) mass is 432 g/mol. The summed E-state index contributed by atoms with van der Waals surface area (Å²) in [5, 5.41) is 5.87. The van der Waals surface area contributed by atoms with Crippen LogP contribution < -0.4 is 10.6 Å². The van der Waals surface area contributed by atoms with Gasteiger partial charge in [-0.3, -0.25) is 9.59 Å². The lowest BCUT2D eigenvalue weighted by Crippen LogP contribution is -2.16. The number of hydrogen-bond acceptors (Lipinski definition) is 4. The van der Waals surface area contributed by atoms with Crippen molar-refractivity contribution in [3.63, 3.8) is 0 Å². The topological polar surface area (TPSA) is 71.3 Å². The Kier molecular flexibility index (Phi) is 6.95. The van der Waals surface area contributed by atoms with Gasteiger partial charge in [0.1, 0.15) is 11.6 Å². The highest BCUT2D eigenvalue weighted by Gasteiger charge is 2.14. The lowest BCUT2D eigenvalue weighted by Gasteiger charge is -2.10. The predicted molar refractivity (Wildman–Crippen MR) is 114 cm³/mol. The summed E-state index contributed by atoms with van der Waals surface area (Å²) in [5.41, 5.74) is 1.75. The van der Waals surface area contributed by atoms with Gasteiger partial charge in [0, 0.05) is 16.5 Å². The molecule has 29 heavy (non-hydrogen) atoms. The van der Waals surface area contributed by atoms with Gasteiger partial charge in [-0.05, 0) is 48.9 Å². The molecule has 0 aliphatic rings. The molecule has 2 amide bonds. The second-order valence-electron chi connectivity index (χ2n) is 6.21. The maximum absolute atomic E-state index is 14.1. The number of thioether (sulfide) groups is 1. The second kappa shape index (κ2) is 9.62. The fraction of sp³-hybridized carbons (Fsp3) is 0.143. The number of hydrogen-bond donors (Lipinski definition) is 2. The SMILES string of the molecule is Cc1occc1C(=O)Nc1cc(NC(=O)CSCc2ccc(Cl)cc2)ccc1F. The first-order valence-electron chi connectivity index (χ1n) is 8.69. The molecule has 2 aromatic carbocycles. The molecule has 8 heteroatoms. The highest BCUT2D eigenvalue weighted by atomic mass is 35.5. The number of furan rings is 1. The van der Waals surface area contributed by atoms with Gasteiger partial charge in [-0.2, -0.15) is 0 Å². The molecule has 0 aliphatic heterocycles. The van der Waals surface area contributed by atoms with E-state index < -0.39 is 11.7 Å². The van der Waals surface area contributed by atoms with E-state index in [1.807, 2.05) is 12.1 Å². The van der Waals surface area contributed by atoms with Crippen molar-refractivity contribution in [3.8, 4) is 0 Å². The molecule has 0 bridgehead atoms. The fourth-order valence-corrected chi connectivity index (χ4v) is 3.46. The number of rotatable bonds is 7. The molecule has 0 unspecified atom stereocenters. The minimum Gasteiger partial charge on any atom is -0.469 e. The number of nitrogens with one attached hydrogen (secondary N) is 2. The lowest BCUT2D eigenvalue weighted by molar-refractivity contribution is -0.113. The predicted octanol–water partition coefficient (Wildman–Crippen LogP) is 5.50. The Morgan fingerprint density at radius 1 is 1.10 bits per heavy atom. The van der Waals surface area contributed by atoms with Gasteiger partial charge in [0.05, 0.1) is 23.3 Å². The molecule has 3 rings (SSSR count). The molecule has 0 spiro atoms. The van der Waals surface area contributed by atoms with E-state index in [0.717, 1.165) is 5.56 Å². The van der Waals surface area contributed by atoms with E-state index in [-0.39, 0.29) is 17.3 Å². The Bertz CT molecular complexity index is 1020. The minimum absolute atomic E-state index is 0.0257. The van der Waals surface area contributed by atoms with Crippen molar-refractivity contribution in [2.24, 2.45) is 0 Å². The van der Waals surface area contributed by atoms with E-state index in [1.165, 1.54) is 42.3 Å². The van der Waals surface area contributed by atoms with Gasteiger partial charge in [0.25, 0.3) is 5.91 Å². The second-order valence-corrected chi connectivity index (χ2v) is 7.63. The largest absolute Gasteiger partial charge is 0.469 e. The Morgan fingerprint density at radius 3 is 2.55 bits per heavy atom. The minimum atomic E-state index is -0.602. The third-order valence-electron chi connectivity index (χ3n) is 4.02.